The van der Waals surface area contributed by atoms with E-state index in [9.17, 15) is 18.0 Å². The third kappa shape index (κ3) is 10.1. The van der Waals surface area contributed by atoms with E-state index in [1.165, 1.54) is 19.3 Å². The van der Waals surface area contributed by atoms with Crippen molar-refractivity contribution in [3.63, 3.8) is 0 Å². The summed E-state index contributed by atoms with van der Waals surface area (Å²) in [6, 6.07) is 12.4. The number of nitrogens with zero attached hydrogens (tertiary/aromatic N) is 4. The molecule has 5 aromatic rings. The number of methoxy groups -OCH3 is 1. The van der Waals surface area contributed by atoms with Gasteiger partial charge in [-0.3, -0.25) is 14.7 Å². The molecule has 4 N–H and O–H groups in total. The SMILES string of the molecule is COc1ncc(-c2cc(-c3ncc(CN4C[C@@H](C)O[C@@H](C)C4)o3)c3cn[nH]c3c2)cc1NS(C)(=O)=O.O=C(O)/C=C/c1ccccc1/C=C/C(=O)O. The third-order valence-electron chi connectivity index (χ3n) is 7.70. The van der Waals surface area contributed by atoms with Crippen molar-refractivity contribution >= 4 is 50.7 Å². The fourth-order valence-corrected chi connectivity index (χ4v) is 6.26. The number of hydrogen-bond acceptors (Lipinski definition) is 11. The Bertz CT molecular complexity index is 2170. The summed E-state index contributed by atoms with van der Waals surface area (Å²) in [6.45, 7) is 6.44. The lowest BCUT2D eigenvalue weighted by molar-refractivity contribution is -0.132. The van der Waals surface area contributed by atoms with Crippen LogP contribution in [0.15, 0.2) is 77.6 Å². The van der Waals surface area contributed by atoms with Crippen LogP contribution in [-0.4, -0.2) is 94.3 Å². The quantitative estimate of drug-likeness (QED) is 0.130. The van der Waals surface area contributed by atoms with Gasteiger partial charge in [0, 0.05) is 48.0 Å². The molecule has 272 valence electrons. The van der Waals surface area contributed by atoms with Crippen LogP contribution in [0.3, 0.4) is 0 Å². The minimum atomic E-state index is -3.53. The van der Waals surface area contributed by atoms with Gasteiger partial charge in [0.1, 0.15) is 11.4 Å². The number of fused-ring (bicyclic) bond motifs is 1. The van der Waals surface area contributed by atoms with Gasteiger partial charge in [-0.25, -0.2) is 28.0 Å². The summed E-state index contributed by atoms with van der Waals surface area (Å²) in [7, 11) is -2.09. The van der Waals surface area contributed by atoms with Crippen molar-refractivity contribution in [1.29, 1.82) is 0 Å². The Kier molecular flexibility index (Phi) is 11.8. The molecule has 0 spiro atoms. The number of pyridine rings is 1. The first-order chi connectivity index (χ1) is 24.8. The van der Waals surface area contributed by atoms with Crippen LogP contribution in [0.4, 0.5) is 5.69 Å². The fourth-order valence-electron chi connectivity index (χ4n) is 5.72. The van der Waals surface area contributed by atoms with E-state index >= 15 is 0 Å². The van der Waals surface area contributed by atoms with Gasteiger partial charge in [0.05, 0.1) is 50.0 Å². The van der Waals surface area contributed by atoms with Gasteiger partial charge >= 0.3 is 11.9 Å². The molecule has 1 aliphatic heterocycles. The second kappa shape index (κ2) is 16.5. The molecule has 0 unspecified atom stereocenters. The number of oxazole rings is 1. The largest absolute Gasteiger partial charge is 0.480 e. The third-order valence-corrected chi connectivity index (χ3v) is 8.29. The molecule has 0 bridgehead atoms. The highest BCUT2D eigenvalue weighted by Crippen LogP contribution is 2.35. The Morgan fingerprint density at radius 3 is 2.23 bits per heavy atom. The summed E-state index contributed by atoms with van der Waals surface area (Å²) in [5.41, 5.74) is 4.57. The van der Waals surface area contributed by atoms with Crippen LogP contribution in [0.1, 0.15) is 30.7 Å². The van der Waals surface area contributed by atoms with Gasteiger partial charge in [0.2, 0.25) is 21.8 Å². The minimum absolute atomic E-state index is 0.165. The fraction of sp³-hybridized carbons (Fsp3) is 0.250. The number of ether oxygens (including phenoxy) is 2. The molecule has 0 saturated carbocycles. The van der Waals surface area contributed by atoms with E-state index in [0.717, 1.165) is 59.3 Å². The van der Waals surface area contributed by atoms with Gasteiger partial charge in [-0.2, -0.15) is 5.10 Å². The van der Waals surface area contributed by atoms with Crippen LogP contribution >= 0.6 is 0 Å². The van der Waals surface area contributed by atoms with Crippen molar-refractivity contribution in [3.8, 4) is 28.5 Å². The van der Waals surface area contributed by atoms with E-state index in [1.54, 1.807) is 48.9 Å². The van der Waals surface area contributed by atoms with Gasteiger partial charge in [-0.05, 0) is 60.9 Å². The number of aliphatic carboxylic acids is 2. The maximum atomic E-state index is 11.8. The summed E-state index contributed by atoms with van der Waals surface area (Å²) >= 11 is 0. The monoisotopic (exact) mass is 730 g/mol. The maximum absolute atomic E-state index is 11.8. The van der Waals surface area contributed by atoms with E-state index < -0.39 is 22.0 Å². The van der Waals surface area contributed by atoms with Crippen LogP contribution in [0.2, 0.25) is 0 Å². The second-order valence-corrected chi connectivity index (χ2v) is 13.8. The highest BCUT2D eigenvalue weighted by molar-refractivity contribution is 7.92. The zero-order chi connectivity index (χ0) is 37.4. The average Bonchev–Trinajstić information content (AvgIpc) is 3.75. The number of aromatic amines is 1. The highest BCUT2D eigenvalue weighted by atomic mass is 32.2. The number of aromatic nitrogens is 4. The van der Waals surface area contributed by atoms with Crippen molar-refractivity contribution in [2.75, 3.05) is 31.2 Å². The van der Waals surface area contributed by atoms with Crippen molar-refractivity contribution in [1.82, 2.24) is 25.1 Å². The predicted molar refractivity (Wildman–Crippen MR) is 195 cm³/mol. The van der Waals surface area contributed by atoms with Gasteiger partial charge in [0.15, 0.2) is 0 Å². The number of morpholine rings is 1. The Morgan fingerprint density at radius 2 is 1.63 bits per heavy atom. The first-order valence-corrected chi connectivity index (χ1v) is 17.9. The van der Waals surface area contributed by atoms with Crippen LogP contribution in [0, 0.1) is 0 Å². The molecule has 0 radical (unpaired) electrons. The molecule has 4 heterocycles. The van der Waals surface area contributed by atoms with Crippen molar-refractivity contribution in [2.45, 2.75) is 32.6 Å². The lowest BCUT2D eigenvalue weighted by atomic mass is 10.0. The van der Waals surface area contributed by atoms with Crippen LogP contribution < -0.4 is 9.46 Å². The number of carbonyl (C=O) groups is 2. The Morgan fingerprint density at radius 1 is 0.981 bits per heavy atom. The van der Waals surface area contributed by atoms with Gasteiger partial charge < -0.3 is 24.1 Å². The maximum Gasteiger partial charge on any atom is 0.328 e. The predicted octanol–water partition coefficient (Wildman–Crippen LogP) is 5.15. The first-order valence-electron chi connectivity index (χ1n) is 16.0. The number of carboxylic acid groups (broad SMARTS) is 2. The van der Waals surface area contributed by atoms with Crippen molar-refractivity contribution in [2.24, 2.45) is 0 Å². The number of rotatable bonds is 11. The smallest absolute Gasteiger partial charge is 0.328 e. The molecule has 52 heavy (non-hydrogen) atoms. The topological polar surface area (TPSA) is 210 Å². The van der Waals surface area contributed by atoms with E-state index in [1.807, 2.05) is 12.1 Å². The Labute approximate surface area is 299 Å². The zero-order valence-electron chi connectivity index (χ0n) is 28.8. The number of nitrogens with one attached hydrogen (secondary N) is 2. The first kappa shape index (κ1) is 37.4. The summed E-state index contributed by atoms with van der Waals surface area (Å²) < 4.78 is 43.4. The molecule has 1 saturated heterocycles. The van der Waals surface area contributed by atoms with Crippen LogP contribution in [0.5, 0.6) is 5.88 Å². The Balaban J connectivity index is 0.000000275. The number of carboxylic acids is 2. The van der Waals surface area contributed by atoms with E-state index in [-0.39, 0.29) is 23.8 Å². The standard InChI is InChI=1S/C24H28N6O5S.C12H10O4/c1-14-11-30(12-15(2)34-14)13-18-9-26-23(35-18)19-5-16(6-21-20(19)10-27-28-21)17-7-22(29-36(4,31)32)24(33-3)25-8-17;13-11(14)7-5-9-3-1-2-4-10(9)6-8-12(15)16/h5-10,14-15,29H,11-13H2,1-4H3,(H,27,28);1-8H,(H,13,14)(H,15,16)/b;7-5+,8-6+/t14-,15+;. The molecular weight excluding hydrogens is 692 g/mol. The van der Waals surface area contributed by atoms with Crippen molar-refractivity contribution in [3.05, 3.63) is 90.1 Å². The summed E-state index contributed by atoms with van der Waals surface area (Å²) in [4.78, 5) is 31.8. The molecule has 0 amide bonds. The van der Waals surface area contributed by atoms with Gasteiger partial charge in [-0.15, -0.1) is 0 Å². The number of hydrogen-bond donors (Lipinski definition) is 4. The lowest BCUT2D eigenvalue weighted by Gasteiger charge is -2.34. The molecule has 6 rings (SSSR count). The van der Waals surface area contributed by atoms with Gasteiger partial charge in [0.25, 0.3) is 0 Å². The summed E-state index contributed by atoms with van der Waals surface area (Å²) in [5.74, 6) is -0.673. The number of H-pyrrole nitrogens is 1. The molecule has 2 aromatic carbocycles. The minimum Gasteiger partial charge on any atom is -0.480 e. The van der Waals surface area contributed by atoms with E-state index in [0.29, 0.717) is 29.1 Å². The molecule has 15 nitrogen and oxygen atoms in total. The molecular formula is C36H38N6O9S. The van der Waals surface area contributed by atoms with Crippen molar-refractivity contribution < 1.29 is 42.1 Å². The molecule has 3 aromatic heterocycles. The molecule has 1 aliphatic rings. The average molecular weight is 731 g/mol. The lowest BCUT2D eigenvalue weighted by Crippen LogP contribution is -2.44. The van der Waals surface area contributed by atoms with Crippen LogP contribution in [0.25, 0.3) is 45.6 Å². The summed E-state index contributed by atoms with van der Waals surface area (Å²) in [5, 5.41) is 25.0. The number of benzene rings is 2. The summed E-state index contributed by atoms with van der Waals surface area (Å²) in [6.07, 6.45) is 11.4. The van der Waals surface area contributed by atoms with Crippen LogP contribution in [-0.2, 0) is 30.9 Å². The Hall–Kier alpha value is -5.84. The molecule has 0 aliphatic carbocycles. The second-order valence-electron chi connectivity index (χ2n) is 12.1. The molecule has 2 atom stereocenters. The zero-order valence-corrected chi connectivity index (χ0v) is 29.6. The van der Waals surface area contributed by atoms with E-state index in [2.05, 4.69) is 43.6 Å². The van der Waals surface area contributed by atoms with Gasteiger partial charge in [-0.1, -0.05) is 24.3 Å². The van der Waals surface area contributed by atoms with E-state index in [4.69, 9.17) is 24.1 Å². The highest BCUT2D eigenvalue weighted by Gasteiger charge is 2.24. The number of anilines is 1. The molecule has 16 heteroatoms. The normalized spacial score (nSPS) is 16.5. The molecule has 1 fully saturated rings. The number of sulfonamides is 1.